The van der Waals surface area contributed by atoms with E-state index in [-0.39, 0.29) is 22.9 Å². The second-order valence-corrected chi connectivity index (χ2v) is 9.00. The topological polar surface area (TPSA) is 77.8 Å². The molecule has 4 rings (SSSR count). The lowest BCUT2D eigenvalue weighted by Crippen LogP contribution is -2.37. The summed E-state index contributed by atoms with van der Waals surface area (Å²) in [5.41, 5.74) is 2.22. The maximum atomic E-state index is 12.5. The van der Waals surface area contributed by atoms with E-state index in [0.29, 0.717) is 19.4 Å². The summed E-state index contributed by atoms with van der Waals surface area (Å²) in [6, 6.07) is 17.1. The van der Waals surface area contributed by atoms with E-state index in [9.17, 15) is 14.7 Å². The Morgan fingerprint density at radius 1 is 1.09 bits per heavy atom. The predicted octanol–water partition coefficient (Wildman–Crippen LogP) is 4.35. The molecule has 32 heavy (non-hydrogen) atoms. The molecule has 1 heterocycles. The van der Waals surface area contributed by atoms with Crippen LogP contribution in [-0.2, 0) is 16.6 Å². The zero-order valence-corrected chi connectivity index (χ0v) is 18.3. The Morgan fingerprint density at radius 2 is 1.78 bits per heavy atom. The van der Waals surface area contributed by atoms with Gasteiger partial charge in [0.25, 0.3) is 0 Å². The highest BCUT2D eigenvalue weighted by molar-refractivity contribution is 5.87. The number of carbonyl (C=O) groups is 2. The number of hydrogen-bond donors (Lipinski definition) is 2. The van der Waals surface area contributed by atoms with Crippen molar-refractivity contribution in [2.24, 2.45) is 0 Å². The van der Waals surface area contributed by atoms with Gasteiger partial charge in [-0.05, 0) is 48.9 Å². The van der Waals surface area contributed by atoms with Crippen LogP contribution in [0, 0.1) is 0 Å². The summed E-state index contributed by atoms with van der Waals surface area (Å²) in [7, 11) is 0. The lowest BCUT2D eigenvalue weighted by atomic mass is 9.74. The molecule has 1 saturated heterocycles. The van der Waals surface area contributed by atoms with Gasteiger partial charge in [-0.3, -0.25) is 4.79 Å². The smallest absolute Gasteiger partial charge is 0.335 e. The van der Waals surface area contributed by atoms with Gasteiger partial charge in [0, 0.05) is 18.4 Å². The van der Waals surface area contributed by atoms with Gasteiger partial charge in [-0.1, -0.05) is 67.5 Å². The van der Waals surface area contributed by atoms with Gasteiger partial charge in [-0.15, -0.1) is 0 Å². The first kappa shape index (κ1) is 22.3. The summed E-state index contributed by atoms with van der Waals surface area (Å²) in [5, 5.41) is 20.2. The number of benzene rings is 2. The molecular formula is C27H31NO4. The van der Waals surface area contributed by atoms with Crippen molar-refractivity contribution in [3.8, 4) is 0 Å². The fourth-order valence-electron chi connectivity index (χ4n) is 5.26. The molecule has 0 bridgehead atoms. The molecule has 2 fully saturated rings. The minimum absolute atomic E-state index is 0.00957. The molecule has 5 heteroatoms. The first-order valence-corrected chi connectivity index (χ1v) is 11.5. The minimum Gasteiger partial charge on any atom is -0.478 e. The van der Waals surface area contributed by atoms with Gasteiger partial charge >= 0.3 is 5.97 Å². The van der Waals surface area contributed by atoms with Crippen molar-refractivity contribution in [2.45, 2.75) is 62.5 Å². The number of carboxylic acid groups (broad SMARTS) is 1. The summed E-state index contributed by atoms with van der Waals surface area (Å²) >= 11 is 0. The largest absolute Gasteiger partial charge is 0.478 e. The molecule has 168 valence electrons. The molecule has 2 aliphatic rings. The van der Waals surface area contributed by atoms with E-state index in [1.165, 1.54) is 5.56 Å². The Kier molecular flexibility index (Phi) is 6.75. The number of rotatable bonds is 8. The third-order valence-corrected chi connectivity index (χ3v) is 7.14. The van der Waals surface area contributed by atoms with Gasteiger partial charge in [0.15, 0.2) is 0 Å². The SMILES string of the molecule is O=C(O)c1ccc(CCN2C(=O)CC[C@@H]2/C=C/[C@H](O)C2(c3ccccc3)CCCC2)cc1. The molecular weight excluding hydrogens is 402 g/mol. The fraction of sp³-hybridized carbons (Fsp3) is 0.407. The molecule has 2 atom stereocenters. The van der Waals surface area contributed by atoms with Crippen LogP contribution in [0.3, 0.4) is 0 Å². The summed E-state index contributed by atoms with van der Waals surface area (Å²) in [6.07, 6.45) is 9.50. The lowest BCUT2D eigenvalue weighted by molar-refractivity contribution is -0.128. The van der Waals surface area contributed by atoms with Crippen molar-refractivity contribution >= 4 is 11.9 Å². The molecule has 2 aromatic carbocycles. The summed E-state index contributed by atoms with van der Waals surface area (Å²) < 4.78 is 0. The van der Waals surface area contributed by atoms with Crippen LogP contribution in [0.25, 0.3) is 0 Å². The number of aliphatic hydroxyl groups is 1. The van der Waals surface area contributed by atoms with Crippen LogP contribution >= 0.6 is 0 Å². The molecule has 1 aliphatic heterocycles. The minimum atomic E-state index is -0.939. The average molecular weight is 434 g/mol. The maximum Gasteiger partial charge on any atom is 0.335 e. The average Bonchev–Trinajstić information content (AvgIpc) is 3.45. The number of amides is 1. The molecule has 0 unspecified atom stereocenters. The van der Waals surface area contributed by atoms with Crippen molar-refractivity contribution in [2.75, 3.05) is 6.54 Å². The van der Waals surface area contributed by atoms with Gasteiger partial charge < -0.3 is 15.1 Å². The van der Waals surface area contributed by atoms with E-state index >= 15 is 0 Å². The Hall–Kier alpha value is -2.92. The van der Waals surface area contributed by atoms with Crippen LogP contribution in [0.2, 0.25) is 0 Å². The zero-order chi connectivity index (χ0) is 22.6. The van der Waals surface area contributed by atoms with Gasteiger partial charge in [0.05, 0.1) is 17.7 Å². The van der Waals surface area contributed by atoms with Crippen molar-refractivity contribution in [3.63, 3.8) is 0 Å². The highest BCUT2D eigenvalue weighted by Crippen LogP contribution is 2.44. The van der Waals surface area contributed by atoms with E-state index in [0.717, 1.165) is 37.7 Å². The summed E-state index contributed by atoms with van der Waals surface area (Å²) in [5.74, 6) is -0.805. The van der Waals surface area contributed by atoms with Gasteiger partial charge in [0.1, 0.15) is 0 Å². The quantitative estimate of drug-likeness (QED) is 0.607. The number of aromatic carboxylic acids is 1. The number of likely N-dealkylation sites (tertiary alicyclic amines) is 1. The van der Waals surface area contributed by atoms with Crippen molar-refractivity contribution in [1.82, 2.24) is 4.90 Å². The van der Waals surface area contributed by atoms with E-state index < -0.39 is 12.1 Å². The molecule has 1 amide bonds. The van der Waals surface area contributed by atoms with Crippen molar-refractivity contribution < 1.29 is 19.8 Å². The van der Waals surface area contributed by atoms with Crippen LogP contribution in [0.5, 0.6) is 0 Å². The molecule has 0 aromatic heterocycles. The Balaban J connectivity index is 1.43. The van der Waals surface area contributed by atoms with Crippen molar-refractivity contribution in [3.05, 3.63) is 83.4 Å². The van der Waals surface area contributed by atoms with Gasteiger partial charge in [0.2, 0.25) is 5.91 Å². The van der Waals surface area contributed by atoms with E-state index in [4.69, 9.17) is 5.11 Å². The number of nitrogens with zero attached hydrogens (tertiary/aromatic N) is 1. The zero-order valence-electron chi connectivity index (χ0n) is 18.3. The van der Waals surface area contributed by atoms with Crippen LogP contribution < -0.4 is 0 Å². The molecule has 5 nitrogen and oxygen atoms in total. The van der Waals surface area contributed by atoms with Crippen LogP contribution in [0.15, 0.2) is 66.7 Å². The Morgan fingerprint density at radius 3 is 2.44 bits per heavy atom. The predicted molar refractivity (Wildman–Crippen MR) is 124 cm³/mol. The molecule has 0 radical (unpaired) electrons. The van der Waals surface area contributed by atoms with Crippen molar-refractivity contribution in [1.29, 1.82) is 0 Å². The Labute approximate surface area is 189 Å². The number of carbonyl (C=O) groups excluding carboxylic acids is 1. The standard InChI is InChI=1S/C27H31NO4/c29-24(27(17-4-5-18-27)22-6-2-1-3-7-22)14-12-23-13-15-25(30)28(23)19-16-20-8-10-21(11-9-20)26(31)32/h1-3,6-12,14,23-24,29H,4-5,13,15-19H2,(H,31,32)/b14-12+/t23-,24-/m0/s1. The van der Waals surface area contributed by atoms with E-state index in [1.807, 2.05) is 47.4 Å². The second kappa shape index (κ2) is 9.70. The highest BCUT2D eigenvalue weighted by atomic mass is 16.4. The first-order valence-electron chi connectivity index (χ1n) is 11.5. The van der Waals surface area contributed by atoms with Crippen LogP contribution in [0.4, 0.5) is 0 Å². The van der Waals surface area contributed by atoms with E-state index in [1.54, 1.807) is 12.1 Å². The number of hydrogen-bond acceptors (Lipinski definition) is 3. The summed E-state index contributed by atoms with van der Waals surface area (Å²) in [4.78, 5) is 25.4. The lowest BCUT2D eigenvalue weighted by Gasteiger charge is -2.34. The second-order valence-electron chi connectivity index (χ2n) is 9.00. The van der Waals surface area contributed by atoms with E-state index in [2.05, 4.69) is 12.1 Å². The normalized spacial score (nSPS) is 21.3. The third-order valence-electron chi connectivity index (χ3n) is 7.14. The molecule has 2 aromatic rings. The maximum absolute atomic E-state index is 12.5. The monoisotopic (exact) mass is 433 g/mol. The first-order chi connectivity index (χ1) is 15.5. The molecule has 1 aliphatic carbocycles. The molecule has 2 N–H and O–H groups in total. The van der Waals surface area contributed by atoms with Gasteiger partial charge in [-0.25, -0.2) is 4.79 Å². The third kappa shape index (κ3) is 4.63. The summed E-state index contributed by atoms with van der Waals surface area (Å²) in [6.45, 7) is 0.584. The van der Waals surface area contributed by atoms with Gasteiger partial charge in [-0.2, -0.15) is 0 Å². The Bertz CT molecular complexity index is 961. The molecule has 0 spiro atoms. The van der Waals surface area contributed by atoms with Crippen LogP contribution in [-0.4, -0.2) is 45.7 Å². The number of aliphatic hydroxyl groups excluding tert-OH is 1. The van der Waals surface area contributed by atoms with Crippen LogP contribution in [0.1, 0.15) is 60.0 Å². The fourth-order valence-corrected chi connectivity index (χ4v) is 5.26. The molecule has 1 saturated carbocycles. The highest BCUT2D eigenvalue weighted by Gasteiger charge is 2.41. The number of carboxylic acids is 1.